The van der Waals surface area contributed by atoms with Gasteiger partial charge in [-0.3, -0.25) is 4.79 Å². The van der Waals surface area contributed by atoms with Gasteiger partial charge in [-0.1, -0.05) is 55.0 Å². The number of nitrogens with one attached hydrogen (secondary N) is 1. The van der Waals surface area contributed by atoms with Gasteiger partial charge in [0, 0.05) is 25.2 Å². The molecule has 2 aliphatic carbocycles. The van der Waals surface area contributed by atoms with E-state index in [1.54, 1.807) is 0 Å². The van der Waals surface area contributed by atoms with Gasteiger partial charge < -0.3 is 14.7 Å². The van der Waals surface area contributed by atoms with Crippen molar-refractivity contribution >= 4 is 5.97 Å². The van der Waals surface area contributed by atoms with E-state index in [2.05, 4.69) is 38.1 Å². The molecule has 4 aliphatic rings. The summed E-state index contributed by atoms with van der Waals surface area (Å²) < 4.78 is 5.92. The van der Waals surface area contributed by atoms with Crippen molar-refractivity contribution < 1.29 is 19.5 Å². The van der Waals surface area contributed by atoms with Gasteiger partial charge in [-0.25, -0.2) is 0 Å². The lowest BCUT2D eigenvalue weighted by Crippen LogP contribution is -3.14. The smallest absolute Gasteiger partial charge is 0.315 e. The molecule has 31 heavy (non-hydrogen) atoms. The van der Waals surface area contributed by atoms with Crippen LogP contribution in [0.1, 0.15) is 51.5 Å². The van der Waals surface area contributed by atoms with Crippen molar-refractivity contribution in [3.63, 3.8) is 0 Å². The number of quaternary nitrogens is 1. The molecule has 2 N–H and O–H groups in total. The van der Waals surface area contributed by atoms with Crippen LogP contribution >= 0.6 is 0 Å². The van der Waals surface area contributed by atoms with Crippen LogP contribution in [-0.2, 0) is 16.0 Å². The van der Waals surface area contributed by atoms with Gasteiger partial charge >= 0.3 is 5.97 Å². The fourth-order valence-electron chi connectivity index (χ4n) is 6.60. The summed E-state index contributed by atoms with van der Waals surface area (Å²) in [6.45, 7) is 7.22. The van der Waals surface area contributed by atoms with Crippen molar-refractivity contribution in [1.29, 1.82) is 0 Å². The molecule has 3 unspecified atom stereocenters. The first-order chi connectivity index (χ1) is 14.9. The van der Waals surface area contributed by atoms with Crippen LogP contribution in [-0.4, -0.2) is 42.4 Å². The van der Waals surface area contributed by atoms with Crippen LogP contribution in [0.15, 0.2) is 53.6 Å². The molecular formula is C27H36NO3+. The molecular weight excluding hydrogens is 386 g/mol. The van der Waals surface area contributed by atoms with Crippen LogP contribution in [0.25, 0.3) is 0 Å². The number of hydrogen-bond donors (Lipinski definition) is 2. The quantitative estimate of drug-likeness (QED) is 0.734. The van der Waals surface area contributed by atoms with E-state index in [1.807, 2.05) is 18.2 Å². The number of esters is 1. The van der Waals surface area contributed by atoms with Crippen molar-refractivity contribution in [3.05, 3.63) is 59.2 Å². The zero-order valence-corrected chi connectivity index (χ0v) is 18.9. The summed E-state index contributed by atoms with van der Waals surface area (Å²) in [4.78, 5) is 14.3. The summed E-state index contributed by atoms with van der Waals surface area (Å²) in [5.41, 5.74) is 3.57. The van der Waals surface area contributed by atoms with Crippen LogP contribution in [0.3, 0.4) is 0 Å². The molecule has 2 aliphatic heterocycles. The Morgan fingerprint density at radius 1 is 1.16 bits per heavy atom. The highest BCUT2D eigenvalue weighted by atomic mass is 16.6. The summed E-state index contributed by atoms with van der Waals surface area (Å²) in [5.74, 6) is 0.148. The van der Waals surface area contributed by atoms with Gasteiger partial charge in [-0.05, 0) is 42.7 Å². The average molecular weight is 423 g/mol. The van der Waals surface area contributed by atoms with E-state index in [-0.39, 0.29) is 29.3 Å². The summed E-state index contributed by atoms with van der Waals surface area (Å²) in [6, 6.07) is 10.3. The maximum Gasteiger partial charge on any atom is 0.315 e. The summed E-state index contributed by atoms with van der Waals surface area (Å²) in [7, 11) is 0. The summed E-state index contributed by atoms with van der Waals surface area (Å²) in [6.07, 6.45) is 10.3. The Morgan fingerprint density at radius 2 is 1.90 bits per heavy atom. The third-order valence-electron chi connectivity index (χ3n) is 8.47. The number of benzene rings is 1. The zero-order valence-electron chi connectivity index (χ0n) is 18.9. The number of likely N-dealkylation sites (tertiary alicyclic amines) is 1. The third-order valence-corrected chi connectivity index (χ3v) is 8.47. The lowest BCUT2D eigenvalue weighted by molar-refractivity contribution is -0.910. The third kappa shape index (κ3) is 4.01. The van der Waals surface area contributed by atoms with Crippen molar-refractivity contribution in [2.75, 3.05) is 19.6 Å². The highest BCUT2D eigenvalue weighted by molar-refractivity contribution is 5.76. The Kier molecular flexibility index (Phi) is 5.34. The molecule has 0 radical (unpaired) electrons. The number of ether oxygens (including phenoxy) is 1. The first-order valence-electron chi connectivity index (χ1n) is 12.1. The molecule has 4 nitrogen and oxygen atoms in total. The first-order valence-corrected chi connectivity index (χ1v) is 12.1. The van der Waals surface area contributed by atoms with Crippen LogP contribution in [0, 0.1) is 17.3 Å². The normalized spacial score (nSPS) is 39.8. The Hall–Kier alpha value is -1.91. The van der Waals surface area contributed by atoms with E-state index >= 15 is 0 Å². The molecule has 1 aromatic rings. The Bertz CT molecular complexity index is 896. The summed E-state index contributed by atoms with van der Waals surface area (Å²) in [5, 5.41) is 11.1. The number of carbonyl (C=O) groups is 1. The maximum atomic E-state index is 12.8. The van der Waals surface area contributed by atoms with E-state index < -0.39 is 5.60 Å². The SMILES string of the molecule is CC1=CCC[C@]2(C)CC3OC(=O)C(C[NH+]4CCC(O)(Cc5ccccc5)CC4)C3C=C12. The molecule has 2 fully saturated rings. The monoisotopic (exact) mass is 422 g/mol. The van der Waals surface area contributed by atoms with Crippen LogP contribution in [0.4, 0.5) is 0 Å². The molecule has 0 spiro atoms. The van der Waals surface area contributed by atoms with Gasteiger partial charge in [0.2, 0.25) is 0 Å². The second-order valence-corrected chi connectivity index (χ2v) is 10.8. The molecule has 1 aromatic carbocycles. The molecule has 5 rings (SSSR count). The number of allylic oxidation sites excluding steroid dienone is 3. The van der Waals surface area contributed by atoms with E-state index in [1.165, 1.54) is 21.6 Å². The topological polar surface area (TPSA) is 51.0 Å². The van der Waals surface area contributed by atoms with Crippen LogP contribution in [0.5, 0.6) is 0 Å². The fraction of sp³-hybridized carbons (Fsp3) is 0.593. The number of carbonyl (C=O) groups excluding carboxylic acids is 1. The van der Waals surface area contributed by atoms with Crippen molar-refractivity contribution in [3.8, 4) is 0 Å². The van der Waals surface area contributed by atoms with Gasteiger partial charge in [0.15, 0.2) is 0 Å². The number of hydrogen-bond acceptors (Lipinski definition) is 3. The summed E-state index contributed by atoms with van der Waals surface area (Å²) >= 11 is 0. The molecule has 4 atom stereocenters. The molecule has 4 heteroatoms. The minimum Gasteiger partial charge on any atom is -0.461 e. The van der Waals surface area contributed by atoms with Gasteiger partial charge in [-0.2, -0.15) is 0 Å². The molecule has 0 aromatic heterocycles. The van der Waals surface area contributed by atoms with E-state index in [0.717, 1.165) is 51.7 Å². The lowest BCUT2D eigenvalue weighted by atomic mass is 9.62. The fourth-order valence-corrected chi connectivity index (χ4v) is 6.60. The number of aliphatic hydroxyl groups is 1. The van der Waals surface area contributed by atoms with Gasteiger partial charge in [-0.15, -0.1) is 0 Å². The second kappa shape index (κ2) is 7.90. The van der Waals surface area contributed by atoms with Crippen LogP contribution < -0.4 is 4.90 Å². The largest absolute Gasteiger partial charge is 0.461 e. The minimum absolute atomic E-state index is 0.00616. The molecule has 0 bridgehead atoms. The highest BCUT2D eigenvalue weighted by Crippen LogP contribution is 2.52. The van der Waals surface area contributed by atoms with E-state index in [9.17, 15) is 9.90 Å². The van der Waals surface area contributed by atoms with Gasteiger partial charge in [0.1, 0.15) is 12.0 Å². The Labute approximate surface area is 186 Å². The molecule has 0 saturated carbocycles. The Balaban J connectivity index is 1.25. The lowest BCUT2D eigenvalue weighted by Gasteiger charge is -2.43. The molecule has 2 heterocycles. The van der Waals surface area contributed by atoms with Crippen molar-refractivity contribution in [2.45, 2.75) is 64.1 Å². The van der Waals surface area contributed by atoms with Gasteiger partial charge in [0.05, 0.1) is 25.2 Å². The first kappa shape index (κ1) is 21.0. The van der Waals surface area contributed by atoms with E-state index in [0.29, 0.717) is 6.42 Å². The second-order valence-electron chi connectivity index (χ2n) is 10.8. The van der Waals surface area contributed by atoms with Crippen molar-refractivity contribution in [2.24, 2.45) is 17.3 Å². The molecule has 166 valence electrons. The minimum atomic E-state index is -0.623. The highest BCUT2D eigenvalue weighted by Gasteiger charge is 2.52. The predicted molar refractivity (Wildman–Crippen MR) is 121 cm³/mol. The standard InChI is InChI=1S/C27H35NO3/c1-19-7-6-10-26(2)17-24-21(15-23(19)26)22(25(29)31-24)18-28-13-11-27(30,12-14-28)16-20-8-4-3-5-9-20/h3-5,7-9,15,21-22,24,30H,6,10-14,16-18H2,1-2H3/p+1/t21?,22?,24?,26-/m1/s1. The average Bonchev–Trinajstić information content (AvgIpc) is 3.02. The van der Waals surface area contributed by atoms with E-state index in [4.69, 9.17) is 4.74 Å². The number of fused-ring (bicyclic) bond motifs is 2. The molecule has 2 saturated heterocycles. The Morgan fingerprint density at radius 3 is 2.65 bits per heavy atom. The van der Waals surface area contributed by atoms with Crippen molar-refractivity contribution in [1.82, 2.24) is 0 Å². The predicted octanol–water partition coefficient (Wildman–Crippen LogP) is 2.87. The number of rotatable bonds is 4. The number of piperidine rings is 1. The zero-order chi connectivity index (χ0) is 21.6. The van der Waals surface area contributed by atoms with Crippen LogP contribution in [0.2, 0.25) is 0 Å². The maximum absolute atomic E-state index is 12.8. The van der Waals surface area contributed by atoms with Gasteiger partial charge in [0.25, 0.3) is 0 Å². The molecule has 0 amide bonds.